The Morgan fingerprint density at radius 1 is 0.750 bits per heavy atom. The van der Waals surface area contributed by atoms with Crippen LogP contribution < -0.4 is 0 Å². The van der Waals surface area contributed by atoms with Crippen molar-refractivity contribution in [1.29, 1.82) is 0 Å². The van der Waals surface area contributed by atoms with Crippen LogP contribution in [0, 0.1) is 33.6 Å². The van der Waals surface area contributed by atoms with Crippen molar-refractivity contribution < 1.29 is 9.59 Å². The number of hydrogen-bond acceptors (Lipinski definition) is 2. The van der Waals surface area contributed by atoms with Gasteiger partial charge in [-0.25, -0.2) is 0 Å². The van der Waals surface area contributed by atoms with E-state index < -0.39 is 5.92 Å². The van der Waals surface area contributed by atoms with Gasteiger partial charge in [0.15, 0.2) is 0 Å². The topological polar surface area (TPSA) is 34.1 Å². The maximum absolute atomic E-state index is 12.3. The van der Waals surface area contributed by atoms with Crippen LogP contribution in [0.2, 0.25) is 0 Å². The Balaban J connectivity index is 2.74. The number of rotatable bonds is 5. The highest BCUT2D eigenvalue weighted by Gasteiger charge is 2.34. The molecule has 0 saturated heterocycles. The molecule has 0 radical (unpaired) electrons. The minimum atomic E-state index is -0.646. The first-order valence-electron chi connectivity index (χ1n) is 8.37. The van der Waals surface area contributed by atoms with Crippen molar-refractivity contribution in [2.24, 2.45) is 5.92 Å². The number of ketones is 2. The highest BCUT2D eigenvalue weighted by molar-refractivity contribution is 6.01. The first-order valence-corrected chi connectivity index (χ1v) is 8.37. The number of carbonyl (C=O) groups is 2. The second-order valence-corrected chi connectivity index (χ2v) is 6.90. The highest BCUT2D eigenvalue weighted by Crippen LogP contribution is 2.37. The summed E-state index contributed by atoms with van der Waals surface area (Å²) in [4.78, 5) is 24.6. The summed E-state index contributed by atoms with van der Waals surface area (Å²) in [6, 6.07) is 12.4. The molecule has 0 fully saturated rings. The van der Waals surface area contributed by atoms with Crippen LogP contribution in [0.1, 0.15) is 53.1 Å². The molecule has 2 aromatic rings. The highest BCUT2D eigenvalue weighted by atomic mass is 16.1. The van der Waals surface area contributed by atoms with Crippen LogP contribution in [0.4, 0.5) is 0 Å². The molecular formula is C22H26O2. The number of hydrogen-bond donors (Lipinski definition) is 0. The summed E-state index contributed by atoms with van der Waals surface area (Å²) in [6.45, 7) is 11.3. The van der Waals surface area contributed by atoms with Crippen molar-refractivity contribution in [3.05, 3.63) is 69.8 Å². The second-order valence-electron chi connectivity index (χ2n) is 6.90. The fourth-order valence-electron chi connectivity index (χ4n) is 3.74. The van der Waals surface area contributed by atoms with Gasteiger partial charge in [0.25, 0.3) is 0 Å². The number of benzene rings is 2. The van der Waals surface area contributed by atoms with Crippen molar-refractivity contribution >= 4 is 11.6 Å². The molecule has 0 aliphatic carbocycles. The smallest absolute Gasteiger partial charge is 0.141 e. The van der Waals surface area contributed by atoms with E-state index in [1.54, 1.807) is 0 Å². The number of carbonyl (C=O) groups excluding carboxylic acids is 2. The van der Waals surface area contributed by atoms with E-state index in [0.717, 1.165) is 27.8 Å². The Morgan fingerprint density at radius 3 is 1.62 bits per heavy atom. The average molecular weight is 322 g/mol. The Kier molecular flexibility index (Phi) is 5.38. The first-order chi connectivity index (χ1) is 11.2. The van der Waals surface area contributed by atoms with Gasteiger partial charge in [0.05, 0.1) is 5.92 Å². The summed E-state index contributed by atoms with van der Waals surface area (Å²) >= 11 is 0. The standard InChI is InChI=1S/C22H26O2/c1-13-7-9-19(10-8-13)22(21(17(5)23)18(6)24)20-15(3)11-14(2)12-16(20)4/h7-12,21-22H,1-6H3. The van der Waals surface area contributed by atoms with Gasteiger partial charge in [0.1, 0.15) is 11.6 Å². The molecule has 0 heterocycles. The molecule has 0 spiro atoms. The SMILES string of the molecule is CC(=O)C(C(C)=O)C(c1ccc(C)cc1)c1c(C)cc(C)cc1C. The Hall–Kier alpha value is -2.22. The molecule has 0 amide bonds. The van der Waals surface area contributed by atoms with Crippen LogP contribution >= 0.6 is 0 Å². The fourth-order valence-corrected chi connectivity index (χ4v) is 3.74. The molecule has 0 aliphatic rings. The van der Waals surface area contributed by atoms with E-state index in [1.165, 1.54) is 19.4 Å². The largest absolute Gasteiger partial charge is 0.299 e. The fraction of sp³-hybridized carbons (Fsp3) is 0.364. The molecule has 0 N–H and O–H groups in total. The molecule has 24 heavy (non-hydrogen) atoms. The molecule has 2 aromatic carbocycles. The molecule has 126 valence electrons. The van der Waals surface area contributed by atoms with Crippen LogP contribution in [-0.4, -0.2) is 11.6 Å². The van der Waals surface area contributed by atoms with Gasteiger partial charge < -0.3 is 0 Å². The lowest BCUT2D eigenvalue weighted by molar-refractivity contribution is -0.130. The normalized spacial score (nSPS) is 12.3. The molecule has 2 nitrogen and oxygen atoms in total. The van der Waals surface area contributed by atoms with E-state index in [9.17, 15) is 9.59 Å². The predicted octanol–water partition coefficient (Wildman–Crippen LogP) is 4.85. The molecule has 1 unspecified atom stereocenters. The summed E-state index contributed by atoms with van der Waals surface area (Å²) in [6.07, 6.45) is 0. The van der Waals surface area contributed by atoms with Crippen molar-refractivity contribution in [1.82, 2.24) is 0 Å². The van der Waals surface area contributed by atoms with Crippen molar-refractivity contribution in [2.75, 3.05) is 0 Å². The third-order valence-corrected chi connectivity index (χ3v) is 4.69. The molecule has 0 saturated carbocycles. The Labute approximate surface area is 144 Å². The lowest BCUT2D eigenvalue weighted by Gasteiger charge is -2.28. The molecule has 2 rings (SSSR count). The molecule has 0 aromatic heterocycles. The molecule has 1 atom stereocenters. The summed E-state index contributed by atoms with van der Waals surface area (Å²) in [7, 11) is 0. The van der Waals surface area contributed by atoms with Gasteiger partial charge >= 0.3 is 0 Å². The van der Waals surface area contributed by atoms with Gasteiger partial charge in [0, 0.05) is 5.92 Å². The summed E-state index contributed by atoms with van der Waals surface area (Å²) in [5.41, 5.74) is 6.73. The van der Waals surface area contributed by atoms with E-state index in [-0.39, 0.29) is 17.5 Å². The maximum Gasteiger partial charge on any atom is 0.141 e. The summed E-state index contributed by atoms with van der Waals surface area (Å²) in [5, 5.41) is 0. The van der Waals surface area contributed by atoms with Gasteiger partial charge in [-0.15, -0.1) is 0 Å². The van der Waals surface area contributed by atoms with Gasteiger partial charge in [-0.1, -0.05) is 47.5 Å². The molecular weight excluding hydrogens is 296 g/mol. The quantitative estimate of drug-likeness (QED) is 0.738. The van der Waals surface area contributed by atoms with Crippen molar-refractivity contribution in [3.8, 4) is 0 Å². The van der Waals surface area contributed by atoms with E-state index >= 15 is 0 Å². The second kappa shape index (κ2) is 7.12. The number of aryl methyl sites for hydroxylation is 4. The van der Waals surface area contributed by atoms with E-state index in [2.05, 4.69) is 32.9 Å². The predicted molar refractivity (Wildman–Crippen MR) is 98.5 cm³/mol. The van der Waals surface area contributed by atoms with Crippen molar-refractivity contribution in [3.63, 3.8) is 0 Å². The third-order valence-electron chi connectivity index (χ3n) is 4.69. The lowest BCUT2D eigenvalue weighted by atomic mass is 9.74. The maximum atomic E-state index is 12.3. The van der Waals surface area contributed by atoms with E-state index in [4.69, 9.17) is 0 Å². The zero-order chi connectivity index (χ0) is 18.0. The van der Waals surface area contributed by atoms with Crippen LogP contribution in [0.15, 0.2) is 36.4 Å². The minimum Gasteiger partial charge on any atom is -0.299 e. The van der Waals surface area contributed by atoms with Gasteiger partial charge in [-0.05, 0) is 63.8 Å². The van der Waals surface area contributed by atoms with Crippen molar-refractivity contribution in [2.45, 2.75) is 47.5 Å². The molecule has 0 aliphatic heterocycles. The molecule has 2 heteroatoms. The number of Topliss-reactive ketones (excluding diaryl/α,β-unsaturated/α-hetero) is 2. The van der Waals surface area contributed by atoms with Gasteiger partial charge in [0.2, 0.25) is 0 Å². The first kappa shape index (κ1) is 18.1. The van der Waals surface area contributed by atoms with Crippen LogP contribution in [0.3, 0.4) is 0 Å². The third kappa shape index (κ3) is 3.64. The monoisotopic (exact) mass is 322 g/mol. The van der Waals surface area contributed by atoms with E-state index in [0.29, 0.717) is 0 Å². The van der Waals surface area contributed by atoms with Crippen LogP contribution in [0.25, 0.3) is 0 Å². The Bertz CT molecular complexity index is 732. The zero-order valence-electron chi connectivity index (χ0n) is 15.4. The molecule has 0 bridgehead atoms. The Morgan fingerprint density at radius 2 is 1.21 bits per heavy atom. The summed E-state index contributed by atoms with van der Waals surface area (Å²) < 4.78 is 0. The van der Waals surface area contributed by atoms with E-state index in [1.807, 2.05) is 31.2 Å². The summed E-state index contributed by atoms with van der Waals surface area (Å²) in [5.74, 6) is -1.03. The lowest BCUT2D eigenvalue weighted by Crippen LogP contribution is -2.29. The van der Waals surface area contributed by atoms with Gasteiger partial charge in [-0.3, -0.25) is 9.59 Å². The average Bonchev–Trinajstić information content (AvgIpc) is 2.45. The van der Waals surface area contributed by atoms with Crippen LogP contribution in [0.5, 0.6) is 0 Å². The van der Waals surface area contributed by atoms with Gasteiger partial charge in [-0.2, -0.15) is 0 Å². The van der Waals surface area contributed by atoms with Crippen LogP contribution in [-0.2, 0) is 9.59 Å². The zero-order valence-corrected chi connectivity index (χ0v) is 15.4. The minimum absolute atomic E-state index is 0.0764.